The summed E-state index contributed by atoms with van der Waals surface area (Å²) < 4.78 is 5.20. The summed E-state index contributed by atoms with van der Waals surface area (Å²) in [5.74, 6) is 0.305. The lowest BCUT2D eigenvalue weighted by atomic mass is 10.5. The zero-order valence-corrected chi connectivity index (χ0v) is 8.51. The van der Waals surface area contributed by atoms with E-state index in [1.54, 1.807) is 0 Å². The molecule has 0 bridgehead atoms. The monoisotopic (exact) mass is 218 g/mol. The van der Waals surface area contributed by atoms with Gasteiger partial charge < -0.3 is 4.74 Å². The number of hydrogen-bond acceptors (Lipinski definition) is 3. The predicted octanol–water partition coefficient (Wildman–Crippen LogP) is 2.74. The topological polar surface area (TPSA) is 35.0 Å². The van der Waals surface area contributed by atoms with Gasteiger partial charge in [0.1, 0.15) is 11.6 Å². The van der Waals surface area contributed by atoms with E-state index in [4.69, 9.17) is 27.9 Å². The van der Waals surface area contributed by atoms with E-state index in [0.29, 0.717) is 17.5 Å². The highest BCUT2D eigenvalue weighted by atomic mass is 35.5. The molecule has 0 radical (unpaired) electrons. The minimum Gasteiger partial charge on any atom is -0.472 e. The first kappa shape index (κ1) is 10.3. The van der Waals surface area contributed by atoms with Gasteiger partial charge in [0.25, 0.3) is 0 Å². The molecule has 0 aromatic carbocycles. The standard InChI is InChI=1S/C8H8Cl2N2O/c1-2-3-4-13-7-6(9)5-11-8(10)12-7/h2-3,5H,4H2,1H3. The second-order valence-corrected chi connectivity index (χ2v) is 2.92. The van der Waals surface area contributed by atoms with Crippen molar-refractivity contribution in [3.8, 4) is 5.88 Å². The molecule has 3 nitrogen and oxygen atoms in total. The summed E-state index contributed by atoms with van der Waals surface area (Å²) in [7, 11) is 0. The first-order valence-electron chi connectivity index (χ1n) is 3.66. The number of nitrogens with zero attached hydrogens (tertiary/aromatic N) is 2. The summed E-state index contributed by atoms with van der Waals surface area (Å²) in [5, 5.41) is 0.480. The van der Waals surface area contributed by atoms with Crippen molar-refractivity contribution in [1.29, 1.82) is 0 Å². The molecule has 0 saturated carbocycles. The molecule has 1 heterocycles. The van der Waals surface area contributed by atoms with Gasteiger partial charge in [-0.25, -0.2) is 4.98 Å². The molecule has 0 aliphatic heterocycles. The van der Waals surface area contributed by atoms with Crippen molar-refractivity contribution in [2.75, 3.05) is 6.61 Å². The summed E-state index contributed by atoms with van der Waals surface area (Å²) in [4.78, 5) is 7.50. The SMILES string of the molecule is CC=CCOc1nc(Cl)ncc1Cl. The Morgan fingerprint density at radius 3 is 3.00 bits per heavy atom. The van der Waals surface area contributed by atoms with Crippen LogP contribution in [0, 0.1) is 0 Å². The maximum absolute atomic E-state index is 5.74. The molecule has 0 N–H and O–H groups in total. The van der Waals surface area contributed by atoms with Crippen LogP contribution >= 0.6 is 23.2 Å². The summed E-state index contributed by atoms with van der Waals surface area (Å²) in [6, 6.07) is 0. The Labute approximate surface area is 86.4 Å². The molecule has 0 aliphatic carbocycles. The molecule has 5 heteroatoms. The third-order valence-electron chi connectivity index (χ3n) is 1.23. The van der Waals surface area contributed by atoms with Crippen LogP contribution in [0.25, 0.3) is 0 Å². The van der Waals surface area contributed by atoms with Crippen LogP contribution in [-0.4, -0.2) is 16.6 Å². The van der Waals surface area contributed by atoms with Crippen molar-refractivity contribution in [2.45, 2.75) is 6.92 Å². The van der Waals surface area contributed by atoms with Crippen molar-refractivity contribution in [1.82, 2.24) is 9.97 Å². The fourth-order valence-electron chi connectivity index (χ4n) is 0.656. The molecule has 0 spiro atoms. The molecule has 0 amide bonds. The smallest absolute Gasteiger partial charge is 0.237 e. The van der Waals surface area contributed by atoms with Gasteiger partial charge in [0.05, 0.1) is 6.20 Å². The molecule has 1 aromatic heterocycles. The second kappa shape index (κ2) is 5.04. The second-order valence-electron chi connectivity index (χ2n) is 2.17. The van der Waals surface area contributed by atoms with Crippen molar-refractivity contribution in [3.63, 3.8) is 0 Å². The summed E-state index contributed by atoms with van der Waals surface area (Å²) >= 11 is 11.3. The first-order chi connectivity index (χ1) is 6.24. The lowest BCUT2D eigenvalue weighted by Crippen LogP contribution is -1.97. The van der Waals surface area contributed by atoms with E-state index in [2.05, 4.69) is 9.97 Å². The maximum Gasteiger partial charge on any atom is 0.237 e. The van der Waals surface area contributed by atoms with E-state index < -0.39 is 0 Å². The molecule has 13 heavy (non-hydrogen) atoms. The van der Waals surface area contributed by atoms with E-state index in [1.165, 1.54) is 6.20 Å². The summed E-state index contributed by atoms with van der Waals surface area (Å²) in [6.07, 6.45) is 5.12. The van der Waals surface area contributed by atoms with Crippen molar-refractivity contribution >= 4 is 23.2 Å². The number of aromatic nitrogens is 2. The van der Waals surface area contributed by atoms with Gasteiger partial charge in [-0.3, -0.25) is 0 Å². The van der Waals surface area contributed by atoms with Crippen molar-refractivity contribution in [3.05, 3.63) is 28.7 Å². The van der Waals surface area contributed by atoms with Crippen LogP contribution < -0.4 is 4.74 Å². The van der Waals surface area contributed by atoms with E-state index in [1.807, 2.05) is 19.1 Å². The average Bonchev–Trinajstić information content (AvgIpc) is 2.11. The van der Waals surface area contributed by atoms with Crippen molar-refractivity contribution < 1.29 is 4.74 Å². The summed E-state index contributed by atoms with van der Waals surface area (Å²) in [6.45, 7) is 2.32. The van der Waals surface area contributed by atoms with Gasteiger partial charge in [0, 0.05) is 0 Å². The number of rotatable bonds is 3. The third-order valence-corrected chi connectivity index (χ3v) is 1.68. The molecular weight excluding hydrogens is 211 g/mol. The number of halogens is 2. The van der Waals surface area contributed by atoms with Gasteiger partial charge in [0.15, 0.2) is 0 Å². The lowest BCUT2D eigenvalue weighted by molar-refractivity contribution is 0.348. The normalized spacial score (nSPS) is 10.7. The highest BCUT2D eigenvalue weighted by molar-refractivity contribution is 6.32. The summed E-state index contributed by atoms with van der Waals surface area (Å²) in [5.41, 5.74) is 0. The number of ether oxygens (including phenoxy) is 1. The molecule has 1 rings (SSSR count). The molecule has 0 fully saturated rings. The molecule has 70 valence electrons. The van der Waals surface area contributed by atoms with Crippen LogP contribution in [0.2, 0.25) is 10.3 Å². The first-order valence-corrected chi connectivity index (χ1v) is 4.41. The Balaban J connectivity index is 2.69. The zero-order chi connectivity index (χ0) is 9.68. The van der Waals surface area contributed by atoms with Crippen LogP contribution in [0.4, 0.5) is 0 Å². The highest BCUT2D eigenvalue weighted by Gasteiger charge is 2.03. The van der Waals surface area contributed by atoms with Gasteiger partial charge in [-0.15, -0.1) is 0 Å². The Morgan fingerprint density at radius 1 is 1.54 bits per heavy atom. The minimum absolute atomic E-state index is 0.125. The molecular formula is C8H8Cl2N2O. The maximum atomic E-state index is 5.74. The van der Waals surface area contributed by atoms with Gasteiger partial charge in [-0.2, -0.15) is 4.98 Å². The average molecular weight is 219 g/mol. The highest BCUT2D eigenvalue weighted by Crippen LogP contribution is 2.21. The Kier molecular flexibility index (Phi) is 3.99. The number of hydrogen-bond donors (Lipinski definition) is 0. The van der Waals surface area contributed by atoms with E-state index in [9.17, 15) is 0 Å². The van der Waals surface area contributed by atoms with Crippen LogP contribution in [0.5, 0.6) is 5.88 Å². The third kappa shape index (κ3) is 3.20. The van der Waals surface area contributed by atoms with Crippen LogP contribution in [0.15, 0.2) is 18.3 Å². The quantitative estimate of drug-likeness (QED) is 0.579. The van der Waals surface area contributed by atoms with Gasteiger partial charge in [0.2, 0.25) is 11.2 Å². The van der Waals surface area contributed by atoms with E-state index >= 15 is 0 Å². The Hall–Kier alpha value is -0.800. The largest absolute Gasteiger partial charge is 0.472 e. The Morgan fingerprint density at radius 2 is 2.31 bits per heavy atom. The van der Waals surface area contributed by atoms with E-state index in [0.717, 1.165) is 0 Å². The van der Waals surface area contributed by atoms with E-state index in [-0.39, 0.29) is 5.28 Å². The van der Waals surface area contributed by atoms with Crippen LogP contribution in [0.1, 0.15) is 6.92 Å². The fourth-order valence-corrected chi connectivity index (χ4v) is 0.927. The molecule has 0 unspecified atom stereocenters. The molecule has 0 saturated heterocycles. The van der Waals surface area contributed by atoms with Crippen LogP contribution in [0.3, 0.4) is 0 Å². The Bertz CT molecular complexity index is 315. The van der Waals surface area contributed by atoms with Gasteiger partial charge in [-0.1, -0.05) is 23.8 Å². The molecule has 0 atom stereocenters. The van der Waals surface area contributed by atoms with Gasteiger partial charge >= 0.3 is 0 Å². The predicted molar refractivity (Wildman–Crippen MR) is 52.4 cm³/mol. The zero-order valence-electron chi connectivity index (χ0n) is 7.00. The minimum atomic E-state index is 0.125. The van der Waals surface area contributed by atoms with Crippen molar-refractivity contribution in [2.24, 2.45) is 0 Å². The van der Waals surface area contributed by atoms with Crippen LogP contribution in [-0.2, 0) is 0 Å². The van der Waals surface area contributed by atoms with Gasteiger partial charge in [-0.05, 0) is 18.5 Å². The lowest BCUT2D eigenvalue weighted by Gasteiger charge is -2.03. The fraction of sp³-hybridized carbons (Fsp3) is 0.250. The molecule has 0 aliphatic rings. The number of allylic oxidation sites excluding steroid dienone is 1. The molecule has 1 aromatic rings.